The van der Waals surface area contributed by atoms with Crippen molar-refractivity contribution in [2.24, 2.45) is 0 Å². The first-order valence-corrected chi connectivity index (χ1v) is 12.3. The zero-order chi connectivity index (χ0) is 24.1. The lowest BCUT2D eigenvalue weighted by Gasteiger charge is -2.36. The molecule has 0 radical (unpaired) electrons. The smallest absolute Gasteiger partial charge is 0.264 e. The van der Waals surface area contributed by atoms with Gasteiger partial charge in [-0.1, -0.05) is 29.3 Å². The molecular weight excluding hydrogens is 493 g/mol. The van der Waals surface area contributed by atoms with Crippen LogP contribution in [0.2, 0.25) is 10.0 Å². The summed E-state index contributed by atoms with van der Waals surface area (Å²) in [6.07, 6.45) is 3.01. The Balaban J connectivity index is 1.32. The highest BCUT2D eigenvalue weighted by atomic mass is 35.5. The predicted molar refractivity (Wildman–Crippen MR) is 140 cm³/mol. The molecule has 34 heavy (non-hydrogen) atoms. The van der Waals surface area contributed by atoms with Crippen molar-refractivity contribution in [1.29, 1.82) is 0 Å². The number of carbonyl (C=O) groups is 2. The third-order valence-electron chi connectivity index (χ3n) is 5.45. The molecule has 0 saturated carbocycles. The molecule has 0 unspecified atom stereocenters. The van der Waals surface area contributed by atoms with Gasteiger partial charge in [-0.05, 0) is 53.9 Å². The Morgan fingerprint density at radius 1 is 1.06 bits per heavy atom. The maximum Gasteiger partial charge on any atom is 0.264 e. The Hall–Kier alpha value is -3.00. The van der Waals surface area contributed by atoms with Crippen LogP contribution in [0.25, 0.3) is 6.08 Å². The van der Waals surface area contributed by atoms with E-state index < -0.39 is 0 Å². The van der Waals surface area contributed by atoms with Gasteiger partial charge in [0.2, 0.25) is 5.91 Å². The number of nitrogens with zero attached hydrogens (tertiary/aromatic N) is 2. The monoisotopic (exact) mass is 515 g/mol. The molecule has 4 rings (SSSR count). The highest BCUT2D eigenvalue weighted by molar-refractivity contribution is 7.12. The summed E-state index contributed by atoms with van der Waals surface area (Å²) in [5.41, 5.74) is 2.35. The van der Waals surface area contributed by atoms with Crippen molar-refractivity contribution in [3.05, 3.63) is 80.5 Å². The summed E-state index contributed by atoms with van der Waals surface area (Å²) in [7, 11) is 1.51. The van der Waals surface area contributed by atoms with E-state index in [1.807, 2.05) is 46.7 Å². The Morgan fingerprint density at radius 2 is 1.79 bits per heavy atom. The van der Waals surface area contributed by atoms with Crippen molar-refractivity contribution in [2.45, 2.75) is 0 Å². The van der Waals surface area contributed by atoms with Crippen LogP contribution in [0.3, 0.4) is 0 Å². The van der Waals surface area contributed by atoms with E-state index in [0.29, 0.717) is 40.1 Å². The molecule has 1 saturated heterocycles. The minimum atomic E-state index is -0.286. The molecule has 3 aromatic rings. The Kier molecular flexibility index (Phi) is 7.77. The molecule has 0 aliphatic carbocycles. The zero-order valence-corrected chi connectivity index (χ0v) is 20.8. The van der Waals surface area contributed by atoms with Crippen LogP contribution in [-0.4, -0.2) is 50.0 Å². The average molecular weight is 516 g/mol. The van der Waals surface area contributed by atoms with Crippen LogP contribution in [0.15, 0.2) is 60.0 Å². The van der Waals surface area contributed by atoms with Crippen molar-refractivity contribution in [1.82, 2.24) is 4.90 Å². The van der Waals surface area contributed by atoms with Crippen molar-refractivity contribution in [3.63, 3.8) is 0 Å². The van der Waals surface area contributed by atoms with Crippen LogP contribution in [0, 0.1) is 0 Å². The van der Waals surface area contributed by atoms with Crippen LogP contribution in [0.1, 0.15) is 15.2 Å². The van der Waals surface area contributed by atoms with Crippen molar-refractivity contribution >= 4 is 63.8 Å². The number of piperazine rings is 1. The molecule has 176 valence electrons. The lowest BCUT2D eigenvalue weighted by molar-refractivity contribution is -0.111. The standard InChI is InChI=1S/C25H23Cl2N3O3S/c1-33-24-17(15-18(26)16-21(24)27)4-9-23(31)28-19-5-7-20(8-6-19)29-10-12-30(13-11-29)25(32)22-3-2-14-34-22/h2-9,14-16H,10-13H2,1H3,(H,28,31). The maximum atomic E-state index is 12.5. The van der Waals surface area contributed by atoms with E-state index in [1.165, 1.54) is 24.5 Å². The minimum Gasteiger partial charge on any atom is -0.495 e. The topological polar surface area (TPSA) is 61.9 Å². The van der Waals surface area contributed by atoms with E-state index >= 15 is 0 Å². The molecule has 6 nitrogen and oxygen atoms in total. The fourth-order valence-corrected chi connectivity index (χ4v) is 5.03. The number of nitrogens with one attached hydrogen (secondary N) is 1. The normalized spacial score (nSPS) is 13.9. The summed E-state index contributed by atoms with van der Waals surface area (Å²) in [4.78, 5) is 29.8. The minimum absolute atomic E-state index is 0.0958. The molecule has 0 spiro atoms. The molecule has 9 heteroatoms. The average Bonchev–Trinajstić information content (AvgIpc) is 3.38. The zero-order valence-electron chi connectivity index (χ0n) is 18.5. The lowest BCUT2D eigenvalue weighted by atomic mass is 10.2. The van der Waals surface area contributed by atoms with Crippen LogP contribution in [-0.2, 0) is 4.79 Å². The highest BCUT2D eigenvalue weighted by Gasteiger charge is 2.22. The Bertz CT molecular complexity index is 1190. The number of hydrogen-bond donors (Lipinski definition) is 1. The van der Waals surface area contributed by atoms with Gasteiger partial charge in [0.05, 0.1) is 17.0 Å². The van der Waals surface area contributed by atoms with E-state index in [9.17, 15) is 9.59 Å². The molecule has 1 aliphatic heterocycles. The summed E-state index contributed by atoms with van der Waals surface area (Å²) >= 11 is 13.7. The number of halogens is 2. The second kappa shape index (κ2) is 11.0. The summed E-state index contributed by atoms with van der Waals surface area (Å²) in [5, 5.41) is 5.60. The number of hydrogen-bond acceptors (Lipinski definition) is 5. The van der Waals surface area contributed by atoms with E-state index in [-0.39, 0.29) is 11.8 Å². The first-order chi connectivity index (χ1) is 16.4. The number of methoxy groups -OCH3 is 1. The maximum absolute atomic E-state index is 12.5. The van der Waals surface area contributed by atoms with Gasteiger partial charge in [0, 0.05) is 54.2 Å². The molecule has 1 aliphatic rings. The third-order valence-corrected chi connectivity index (χ3v) is 6.81. The summed E-state index contributed by atoms with van der Waals surface area (Å²) < 4.78 is 5.29. The van der Waals surface area contributed by atoms with Gasteiger partial charge < -0.3 is 19.9 Å². The number of amides is 2. The van der Waals surface area contributed by atoms with Gasteiger partial charge >= 0.3 is 0 Å². The SMILES string of the molecule is COc1c(Cl)cc(Cl)cc1C=CC(=O)Nc1ccc(N2CCN(C(=O)c3cccs3)CC2)cc1. The fourth-order valence-electron chi connectivity index (χ4n) is 3.75. The van der Waals surface area contributed by atoms with E-state index in [2.05, 4.69) is 10.2 Å². The Morgan fingerprint density at radius 3 is 2.44 bits per heavy atom. The second-order valence-corrected chi connectivity index (χ2v) is 9.43. The van der Waals surface area contributed by atoms with Gasteiger partial charge in [0.1, 0.15) is 5.75 Å². The number of carbonyl (C=O) groups excluding carboxylic acids is 2. The number of benzene rings is 2. The molecule has 1 fully saturated rings. The highest BCUT2D eigenvalue weighted by Crippen LogP contribution is 2.33. The first-order valence-electron chi connectivity index (χ1n) is 10.6. The van der Waals surface area contributed by atoms with Gasteiger partial charge in [-0.2, -0.15) is 0 Å². The first kappa shape index (κ1) is 24.1. The molecule has 2 amide bonds. The largest absolute Gasteiger partial charge is 0.495 e. The number of rotatable bonds is 6. The summed E-state index contributed by atoms with van der Waals surface area (Å²) in [6.45, 7) is 2.87. The lowest BCUT2D eigenvalue weighted by Crippen LogP contribution is -2.48. The van der Waals surface area contributed by atoms with Gasteiger partial charge in [-0.25, -0.2) is 0 Å². The fraction of sp³-hybridized carbons (Fsp3) is 0.200. The van der Waals surface area contributed by atoms with Crippen LogP contribution in [0.5, 0.6) is 5.75 Å². The van der Waals surface area contributed by atoms with E-state index in [4.69, 9.17) is 27.9 Å². The molecular formula is C25H23Cl2N3O3S. The summed E-state index contributed by atoms with van der Waals surface area (Å²) in [6, 6.07) is 14.7. The van der Waals surface area contributed by atoms with Gasteiger partial charge in [-0.3, -0.25) is 9.59 Å². The second-order valence-electron chi connectivity index (χ2n) is 7.64. The third kappa shape index (κ3) is 5.73. The molecule has 0 atom stereocenters. The van der Waals surface area contributed by atoms with Crippen LogP contribution >= 0.6 is 34.5 Å². The summed E-state index contributed by atoms with van der Waals surface area (Å²) in [5.74, 6) is 0.265. The van der Waals surface area contributed by atoms with Crippen molar-refractivity contribution < 1.29 is 14.3 Å². The quantitative estimate of drug-likeness (QED) is 0.429. The Labute approximate surface area is 212 Å². The van der Waals surface area contributed by atoms with E-state index in [0.717, 1.165) is 23.7 Å². The van der Waals surface area contributed by atoms with E-state index in [1.54, 1.807) is 18.2 Å². The van der Waals surface area contributed by atoms with Gasteiger partial charge in [-0.15, -0.1) is 11.3 Å². The van der Waals surface area contributed by atoms with Crippen molar-refractivity contribution in [2.75, 3.05) is 43.5 Å². The van der Waals surface area contributed by atoms with Crippen molar-refractivity contribution in [3.8, 4) is 5.75 Å². The number of ether oxygens (including phenoxy) is 1. The van der Waals surface area contributed by atoms with Gasteiger partial charge in [0.15, 0.2) is 0 Å². The number of thiophene rings is 1. The predicted octanol–water partition coefficient (Wildman–Crippen LogP) is 5.68. The molecule has 0 bridgehead atoms. The molecule has 1 N–H and O–H groups in total. The molecule has 2 heterocycles. The van der Waals surface area contributed by atoms with Crippen LogP contribution in [0.4, 0.5) is 11.4 Å². The molecule has 2 aromatic carbocycles. The van der Waals surface area contributed by atoms with Crippen LogP contribution < -0.4 is 15.0 Å². The number of anilines is 2. The van der Waals surface area contributed by atoms with Gasteiger partial charge in [0.25, 0.3) is 5.91 Å². The molecule has 1 aromatic heterocycles.